The van der Waals surface area contributed by atoms with Gasteiger partial charge in [0.2, 0.25) is 0 Å². The predicted molar refractivity (Wildman–Crippen MR) is 153 cm³/mol. The van der Waals surface area contributed by atoms with E-state index >= 15 is 0 Å². The summed E-state index contributed by atoms with van der Waals surface area (Å²) in [4.78, 5) is 27.1. The van der Waals surface area contributed by atoms with Gasteiger partial charge in [-0.15, -0.1) is 11.3 Å². The lowest BCUT2D eigenvalue weighted by Gasteiger charge is -2.28. The highest BCUT2D eigenvalue weighted by Gasteiger charge is 2.32. The van der Waals surface area contributed by atoms with Crippen molar-refractivity contribution in [2.45, 2.75) is 52.2 Å². The molecule has 0 spiro atoms. The van der Waals surface area contributed by atoms with Gasteiger partial charge in [0, 0.05) is 29.1 Å². The first kappa shape index (κ1) is 26.7. The Kier molecular flexibility index (Phi) is 7.51. The molecule has 2 aliphatic heterocycles. The first-order chi connectivity index (χ1) is 18.1. The Bertz CT molecular complexity index is 1480. The van der Waals surface area contributed by atoms with Crippen LogP contribution in [0.5, 0.6) is 0 Å². The summed E-state index contributed by atoms with van der Waals surface area (Å²) in [6.07, 6.45) is 2.38. The van der Waals surface area contributed by atoms with E-state index in [1.54, 1.807) is 0 Å². The largest absolute Gasteiger partial charge is 0.479 e. The van der Waals surface area contributed by atoms with E-state index in [2.05, 4.69) is 4.99 Å². The minimum Gasteiger partial charge on any atom is -0.479 e. The molecular weight excluding hydrogens is 522 g/mol. The maximum atomic E-state index is 12.5. The maximum Gasteiger partial charge on any atom is 0.337 e. The second kappa shape index (κ2) is 10.7. The molecule has 38 heavy (non-hydrogen) atoms. The van der Waals surface area contributed by atoms with Crippen molar-refractivity contribution in [3.8, 4) is 11.1 Å². The fraction of sp³-hybridized carbons (Fsp3) is 0.379. The van der Waals surface area contributed by atoms with Crippen molar-refractivity contribution in [2.24, 2.45) is 9.98 Å². The lowest BCUT2D eigenvalue weighted by molar-refractivity contribution is -0.160. The second-order valence-electron chi connectivity index (χ2n) is 10.4. The van der Waals surface area contributed by atoms with Crippen LogP contribution in [0.15, 0.2) is 52.0 Å². The van der Waals surface area contributed by atoms with Crippen molar-refractivity contribution >= 4 is 50.7 Å². The van der Waals surface area contributed by atoms with Crippen LogP contribution in [-0.4, -0.2) is 53.0 Å². The first-order valence-corrected chi connectivity index (χ1v) is 13.8. The van der Waals surface area contributed by atoms with Crippen molar-refractivity contribution < 1.29 is 19.4 Å². The molecule has 1 aromatic heterocycles. The standard InChI is InChI=1S/C29H30ClN3O4S/c1-16-15-21-25(38-27(33-21)20-9-12-31-26(32-20)18-10-13-36-14-11-18)23(17-5-7-19(30)8-6-17)22(16)24(28(34)35)37-29(2,3)4/h5-8,10,15,24H,9,11-14H2,1-4H3,(H,34,35)/t24-/m0/s1. The maximum absolute atomic E-state index is 12.5. The van der Waals surface area contributed by atoms with Crippen LogP contribution in [0.4, 0.5) is 0 Å². The Morgan fingerprint density at radius 1 is 1.21 bits per heavy atom. The number of hydrogen-bond acceptors (Lipinski definition) is 7. The molecule has 0 bridgehead atoms. The quantitative estimate of drug-likeness (QED) is 0.363. The van der Waals surface area contributed by atoms with Crippen LogP contribution in [0.3, 0.4) is 0 Å². The number of halogens is 1. The van der Waals surface area contributed by atoms with Gasteiger partial charge in [0.1, 0.15) is 5.01 Å². The van der Waals surface area contributed by atoms with Gasteiger partial charge in [-0.2, -0.15) is 0 Å². The van der Waals surface area contributed by atoms with Gasteiger partial charge in [-0.25, -0.2) is 14.8 Å². The van der Waals surface area contributed by atoms with E-state index in [1.165, 1.54) is 11.3 Å². The number of carbonyl (C=O) groups is 1. The van der Waals surface area contributed by atoms with Gasteiger partial charge in [0.05, 0.1) is 34.7 Å². The number of aryl methyl sites for hydroxylation is 1. The smallest absolute Gasteiger partial charge is 0.337 e. The molecule has 1 atom stereocenters. The third kappa shape index (κ3) is 5.59. The molecule has 1 N–H and O–H groups in total. The minimum absolute atomic E-state index is 0.578. The van der Waals surface area contributed by atoms with Crippen molar-refractivity contribution in [1.82, 2.24) is 4.98 Å². The summed E-state index contributed by atoms with van der Waals surface area (Å²) in [7, 11) is 0. The fourth-order valence-electron chi connectivity index (χ4n) is 4.71. The summed E-state index contributed by atoms with van der Waals surface area (Å²) >= 11 is 7.73. The average Bonchev–Trinajstić information content (AvgIpc) is 3.31. The van der Waals surface area contributed by atoms with Gasteiger partial charge in [0.15, 0.2) is 11.9 Å². The number of amidine groups is 1. The van der Waals surface area contributed by atoms with Gasteiger partial charge in [-0.1, -0.05) is 29.8 Å². The number of nitrogens with zero attached hydrogens (tertiary/aromatic N) is 3. The summed E-state index contributed by atoms with van der Waals surface area (Å²) < 4.78 is 12.4. The number of thiazole rings is 1. The fourth-order valence-corrected chi connectivity index (χ4v) is 5.97. The molecular formula is C29H30ClN3O4S. The molecule has 2 aliphatic rings. The number of fused-ring (bicyclic) bond motifs is 1. The van der Waals surface area contributed by atoms with E-state index in [0.717, 1.165) is 55.5 Å². The molecule has 2 aromatic carbocycles. The molecule has 198 valence electrons. The summed E-state index contributed by atoms with van der Waals surface area (Å²) in [6.45, 7) is 9.39. The van der Waals surface area contributed by atoms with Crippen molar-refractivity contribution in [3.63, 3.8) is 0 Å². The SMILES string of the molecule is Cc1cc2nc(C3=NC(C4=CCOCC4)=NCC3)sc2c(-c2ccc(Cl)cc2)c1[C@H](OC(C)(C)C)C(=O)O. The van der Waals surface area contributed by atoms with E-state index < -0.39 is 17.7 Å². The Morgan fingerprint density at radius 2 is 1.97 bits per heavy atom. The Morgan fingerprint density at radius 3 is 2.63 bits per heavy atom. The first-order valence-electron chi connectivity index (χ1n) is 12.6. The van der Waals surface area contributed by atoms with E-state index in [0.29, 0.717) is 36.8 Å². The van der Waals surface area contributed by atoms with E-state index in [4.69, 9.17) is 31.1 Å². The van der Waals surface area contributed by atoms with Crippen LogP contribution in [-0.2, 0) is 14.3 Å². The molecule has 7 nitrogen and oxygen atoms in total. The lowest BCUT2D eigenvalue weighted by Crippen LogP contribution is -2.28. The molecule has 0 radical (unpaired) electrons. The number of hydrogen-bond donors (Lipinski definition) is 1. The monoisotopic (exact) mass is 551 g/mol. The predicted octanol–water partition coefficient (Wildman–Crippen LogP) is 6.80. The molecule has 0 aliphatic carbocycles. The van der Waals surface area contributed by atoms with Crippen LogP contribution < -0.4 is 0 Å². The van der Waals surface area contributed by atoms with Gasteiger partial charge in [0.25, 0.3) is 0 Å². The van der Waals surface area contributed by atoms with Gasteiger partial charge in [-0.05, 0) is 69.0 Å². The summed E-state index contributed by atoms with van der Waals surface area (Å²) in [5, 5.41) is 11.7. The second-order valence-corrected chi connectivity index (χ2v) is 11.8. The molecule has 3 aromatic rings. The van der Waals surface area contributed by atoms with Crippen molar-refractivity contribution in [3.05, 3.63) is 63.1 Å². The third-order valence-corrected chi connectivity index (χ3v) is 7.76. The van der Waals surface area contributed by atoms with Gasteiger partial charge in [-0.3, -0.25) is 4.99 Å². The highest BCUT2D eigenvalue weighted by Crippen LogP contribution is 2.43. The number of carboxylic acids is 1. The van der Waals surface area contributed by atoms with E-state index in [9.17, 15) is 9.90 Å². The molecule has 0 saturated carbocycles. The molecule has 5 rings (SSSR count). The van der Waals surface area contributed by atoms with Crippen LogP contribution in [0.25, 0.3) is 21.3 Å². The van der Waals surface area contributed by atoms with Crippen LogP contribution in [0.2, 0.25) is 5.02 Å². The number of benzene rings is 2. The average molecular weight is 552 g/mol. The Labute approximate surface area is 230 Å². The van der Waals surface area contributed by atoms with Crippen molar-refractivity contribution in [1.29, 1.82) is 0 Å². The third-order valence-electron chi connectivity index (χ3n) is 6.37. The molecule has 0 amide bonds. The van der Waals surface area contributed by atoms with Crippen LogP contribution in [0, 0.1) is 6.92 Å². The number of aliphatic imine (C=N–C) groups is 2. The number of carboxylic acid groups (broad SMARTS) is 1. The summed E-state index contributed by atoms with van der Waals surface area (Å²) in [5.41, 5.74) is 5.23. The van der Waals surface area contributed by atoms with Crippen molar-refractivity contribution in [2.75, 3.05) is 19.8 Å². The van der Waals surface area contributed by atoms with Crippen LogP contribution >= 0.6 is 22.9 Å². The highest BCUT2D eigenvalue weighted by molar-refractivity contribution is 7.21. The zero-order valence-corrected chi connectivity index (χ0v) is 23.4. The lowest BCUT2D eigenvalue weighted by atomic mass is 9.91. The topological polar surface area (TPSA) is 93.4 Å². The highest BCUT2D eigenvalue weighted by atomic mass is 35.5. The Balaban J connectivity index is 1.69. The number of aliphatic carboxylic acids is 1. The molecule has 0 unspecified atom stereocenters. The number of ether oxygens (including phenoxy) is 2. The van der Waals surface area contributed by atoms with E-state index in [1.807, 2.05) is 64.1 Å². The number of aromatic nitrogens is 1. The number of rotatable bonds is 6. The minimum atomic E-state index is -1.15. The van der Waals surface area contributed by atoms with Crippen LogP contribution in [0.1, 0.15) is 55.9 Å². The molecule has 0 saturated heterocycles. The molecule has 9 heteroatoms. The van der Waals surface area contributed by atoms with Gasteiger partial charge < -0.3 is 14.6 Å². The summed E-state index contributed by atoms with van der Waals surface area (Å²) in [5.74, 6) is -0.280. The Hall–Kier alpha value is -2.91. The normalized spacial score (nSPS) is 17.1. The molecule has 0 fully saturated rings. The molecule has 3 heterocycles. The van der Waals surface area contributed by atoms with Gasteiger partial charge >= 0.3 is 5.97 Å². The van der Waals surface area contributed by atoms with E-state index in [-0.39, 0.29) is 0 Å². The summed E-state index contributed by atoms with van der Waals surface area (Å²) in [6, 6.07) is 9.40. The zero-order valence-electron chi connectivity index (χ0n) is 21.9. The zero-order chi connectivity index (χ0) is 27.0.